The van der Waals surface area contributed by atoms with Crippen molar-refractivity contribution in [3.8, 4) is 5.75 Å². The summed E-state index contributed by atoms with van der Waals surface area (Å²) in [5.41, 5.74) is 2.11. The van der Waals surface area contributed by atoms with Crippen molar-refractivity contribution in [3.63, 3.8) is 0 Å². The second-order valence-corrected chi connectivity index (χ2v) is 6.79. The molecule has 2 aromatic carbocycles. The van der Waals surface area contributed by atoms with Gasteiger partial charge in [0.05, 0.1) is 12.9 Å². The highest BCUT2D eigenvalue weighted by Crippen LogP contribution is 2.24. The minimum atomic E-state index is 0.0672. The molecule has 0 aromatic heterocycles. The number of nitrogens with zero attached hydrogens (tertiary/aromatic N) is 1. The lowest BCUT2D eigenvalue weighted by atomic mass is 10.2. The topological polar surface area (TPSA) is 29.5 Å². The number of rotatable bonds is 6. The van der Waals surface area contributed by atoms with Crippen LogP contribution in [0.1, 0.15) is 11.1 Å². The Bertz CT molecular complexity index is 673. The molecule has 0 bridgehead atoms. The van der Waals surface area contributed by atoms with Gasteiger partial charge in [-0.1, -0.05) is 29.3 Å². The Hall–Kier alpha value is -1.65. The molecule has 122 valence electrons. The predicted molar refractivity (Wildman–Crippen MR) is 96.4 cm³/mol. The van der Waals surface area contributed by atoms with Crippen molar-refractivity contribution in [2.45, 2.75) is 18.4 Å². The summed E-state index contributed by atoms with van der Waals surface area (Å²) in [7, 11) is 3.40. The van der Waals surface area contributed by atoms with E-state index in [9.17, 15) is 4.79 Å². The molecule has 0 unspecified atom stereocenters. The smallest absolute Gasteiger partial charge is 0.232 e. The molecule has 0 fully saturated rings. The molecule has 0 N–H and O–H groups in total. The summed E-state index contributed by atoms with van der Waals surface area (Å²) >= 11 is 7.57. The van der Waals surface area contributed by atoms with Crippen molar-refractivity contribution >= 4 is 29.3 Å². The van der Waals surface area contributed by atoms with Gasteiger partial charge in [-0.15, -0.1) is 11.8 Å². The Morgan fingerprint density at radius 2 is 1.91 bits per heavy atom. The summed E-state index contributed by atoms with van der Waals surface area (Å²) in [6.45, 7) is 2.52. The van der Waals surface area contributed by atoms with Crippen LogP contribution in [0, 0.1) is 6.92 Å². The van der Waals surface area contributed by atoms with Gasteiger partial charge in [-0.25, -0.2) is 0 Å². The van der Waals surface area contributed by atoms with E-state index in [2.05, 4.69) is 0 Å². The molecule has 2 aromatic rings. The molecular weight excluding hydrogens is 330 g/mol. The first-order chi connectivity index (χ1) is 11.0. The molecule has 0 radical (unpaired) electrons. The number of ether oxygens (including phenoxy) is 1. The minimum Gasteiger partial charge on any atom is -0.496 e. The SMILES string of the molecule is COc1ccc(Cl)cc1CN(C)C(=O)CSc1ccc(C)cc1. The van der Waals surface area contributed by atoms with E-state index in [1.165, 1.54) is 5.56 Å². The molecule has 1 amide bonds. The predicted octanol–water partition coefficient (Wildman–Crippen LogP) is 4.41. The van der Waals surface area contributed by atoms with Crippen LogP contribution in [0.25, 0.3) is 0 Å². The lowest BCUT2D eigenvalue weighted by Crippen LogP contribution is -2.28. The van der Waals surface area contributed by atoms with Gasteiger partial charge in [-0.05, 0) is 37.3 Å². The fourth-order valence-electron chi connectivity index (χ4n) is 2.10. The van der Waals surface area contributed by atoms with Gasteiger partial charge in [-0.2, -0.15) is 0 Å². The van der Waals surface area contributed by atoms with Gasteiger partial charge >= 0.3 is 0 Å². The Morgan fingerprint density at radius 3 is 2.57 bits per heavy atom. The van der Waals surface area contributed by atoms with E-state index in [-0.39, 0.29) is 5.91 Å². The maximum absolute atomic E-state index is 12.3. The molecule has 2 rings (SSSR count). The van der Waals surface area contributed by atoms with Crippen LogP contribution in [0.4, 0.5) is 0 Å². The van der Waals surface area contributed by atoms with E-state index in [1.54, 1.807) is 36.9 Å². The zero-order valence-electron chi connectivity index (χ0n) is 13.5. The number of carbonyl (C=O) groups is 1. The van der Waals surface area contributed by atoms with Crippen LogP contribution in [0.15, 0.2) is 47.4 Å². The lowest BCUT2D eigenvalue weighted by Gasteiger charge is -2.19. The number of aryl methyl sites for hydroxylation is 1. The van der Waals surface area contributed by atoms with Gasteiger partial charge in [0.15, 0.2) is 0 Å². The molecule has 0 aliphatic heterocycles. The van der Waals surface area contributed by atoms with Crippen LogP contribution in [-0.4, -0.2) is 30.7 Å². The Labute approximate surface area is 146 Å². The average Bonchev–Trinajstić information content (AvgIpc) is 2.54. The van der Waals surface area contributed by atoms with E-state index >= 15 is 0 Å². The van der Waals surface area contributed by atoms with Gasteiger partial charge in [0.2, 0.25) is 5.91 Å². The zero-order chi connectivity index (χ0) is 16.8. The van der Waals surface area contributed by atoms with Crippen LogP contribution in [0.5, 0.6) is 5.75 Å². The molecular formula is C18H20ClNO2S. The molecule has 0 saturated heterocycles. The van der Waals surface area contributed by atoms with Crippen LogP contribution in [-0.2, 0) is 11.3 Å². The number of benzene rings is 2. The third-order valence-corrected chi connectivity index (χ3v) is 4.69. The van der Waals surface area contributed by atoms with Gasteiger partial charge in [0.1, 0.15) is 5.75 Å². The number of hydrogen-bond donors (Lipinski definition) is 0. The summed E-state index contributed by atoms with van der Waals surface area (Å²) in [6, 6.07) is 13.6. The van der Waals surface area contributed by atoms with Crippen molar-refractivity contribution in [2.75, 3.05) is 19.9 Å². The van der Waals surface area contributed by atoms with Gasteiger partial charge in [-0.3, -0.25) is 4.79 Å². The second-order valence-electron chi connectivity index (χ2n) is 5.31. The lowest BCUT2D eigenvalue weighted by molar-refractivity contribution is -0.127. The van der Waals surface area contributed by atoms with E-state index in [0.29, 0.717) is 17.3 Å². The number of carbonyl (C=O) groups excluding carboxylic acids is 1. The summed E-state index contributed by atoms with van der Waals surface area (Å²) < 4.78 is 5.32. The summed E-state index contributed by atoms with van der Waals surface area (Å²) in [5.74, 6) is 1.21. The van der Waals surface area contributed by atoms with Crippen LogP contribution in [0.3, 0.4) is 0 Å². The number of thioether (sulfide) groups is 1. The quantitative estimate of drug-likeness (QED) is 0.723. The minimum absolute atomic E-state index is 0.0672. The Kier molecular flexibility index (Phi) is 6.37. The largest absolute Gasteiger partial charge is 0.496 e. The molecule has 0 saturated carbocycles. The third kappa shape index (κ3) is 5.19. The first-order valence-corrected chi connectivity index (χ1v) is 8.62. The van der Waals surface area contributed by atoms with Gasteiger partial charge < -0.3 is 9.64 Å². The van der Waals surface area contributed by atoms with Crippen molar-refractivity contribution in [1.29, 1.82) is 0 Å². The highest BCUT2D eigenvalue weighted by molar-refractivity contribution is 8.00. The molecule has 23 heavy (non-hydrogen) atoms. The maximum atomic E-state index is 12.3. The van der Waals surface area contributed by atoms with E-state index in [1.807, 2.05) is 43.3 Å². The van der Waals surface area contributed by atoms with Gasteiger partial charge in [0.25, 0.3) is 0 Å². The molecule has 3 nitrogen and oxygen atoms in total. The number of amides is 1. The van der Waals surface area contributed by atoms with Crippen LogP contribution in [0.2, 0.25) is 5.02 Å². The highest BCUT2D eigenvalue weighted by atomic mass is 35.5. The summed E-state index contributed by atoms with van der Waals surface area (Å²) in [4.78, 5) is 15.1. The fourth-order valence-corrected chi connectivity index (χ4v) is 3.14. The Morgan fingerprint density at radius 1 is 1.22 bits per heavy atom. The average molecular weight is 350 g/mol. The van der Waals surface area contributed by atoms with Crippen molar-refractivity contribution < 1.29 is 9.53 Å². The molecule has 5 heteroatoms. The fraction of sp³-hybridized carbons (Fsp3) is 0.278. The normalized spacial score (nSPS) is 10.4. The van der Waals surface area contributed by atoms with Gasteiger partial charge in [0, 0.05) is 29.1 Å². The van der Waals surface area contributed by atoms with Crippen LogP contribution < -0.4 is 4.74 Å². The Balaban J connectivity index is 1.94. The first kappa shape index (κ1) is 17.7. The number of halogens is 1. The van der Waals surface area contributed by atoms with Crippen molar-refractivity contribution in [1.82, 2.24) is 4.90 Å². The zero-order valence-corrected chi connectivity index (χ0v) is 15.1. The summed E-state index contributed by atoms with van der Waals surface area (Å²) in [5, 5.41) is 0.635. The maximum Gasteiger partial charge on any atom is 0.232 e. The molecule has 0 aliphatic rings. The van der Waals surface area contributed by atoms with Crippen molar-refractivity contribution in [2.24, 2.45) is 0 Å². The number of methoxy groups -OCH3 is 1. The first-order valence-electron chi connectivity index (χ1n) is 7.25. The third-order valence-electron chi connectivity index (χ3n) is 3.46. The molecule has 0 atom stereocenters. The van der Waals surface area contributed by atoms with E-state index < -0.39 is 0 Å². The molecule has 0 aliphatic carbocycles. The highest BCUT2D eigenvalue weighted by Gasteiger charge is 2.13. The number of hydrogen-bond acceptors (Lipinski definition) is 3. The van der Waals surface area contributed by atoms with Crippen molar-refractivity contribution in [3.05, 3.63) is 58.6 Å². The van der Waals surface area contributed by atoms with Crippen LogP contribution >= 0.6 is 23.4 Å². The standard InChI is InChI=1S/C18H20ClNO2S/c1-13-4-7-16(8-5-13)23-12-18(21)20(2)11-14-10-15(19)6-9-17(14)22-3/h4-10H,11-12H2,1-3H3. The second kappa shape index (κ2) is 8.27. The van der Waals surface area contributed by atoms with E-state index in [0.717, 1.165) is 16.2 Å². The van der Waals surface area contributed by atoms with E-state index in [4.69, 9.17) is 16.3 Å². The molecule has 0 heterocycles. The monoisotopic (exact) mass is 349 g/mol. The summed E-state index contributed by atoms with van der Waals surface area (Å²) in [6.07, 6.45) is 0. The molecule has 0 spiro atoms.